The van der Waals surface area contributed by atoms with Crippen molar-refractivity contribution in [3.63, 3.8) is 0 Å². The van der Waals surface area contributed by atoms with Gasteiger partial charge in [0.25, 0.3) is 0 Å². The molecule has 0 aliphatic heterocycles. The summed E-state index contributed by atoms with van der Waals surface area (Å²) in [6.07, 6.45) is 1.72. The SMILES string of the molecule is Cc1ccnc(C(C)(C)C#N)c1CCl. The van der Waals surface area contributed by atoms with Gasteiger partial charge in [-0.25, -0.2) is 0 Å². The summed E-state index contributed by atoms with van der Waals surface area (Å²) in [6, 6.07) is 4.15. The summed E-state index contributed by atoms with van der Waals surface area (Å²) in [5.74, 6) is 0.403. The van der Waals surface area contributed by atoms with Crippen molar-refractivity contribution in [3.05, 3.63) is 29.1 Å². The minimum absolute atomic E-state index is 0.403. The molecule has 0 aliphatic carbocycles. The quantitative estimate of drug-likeness (QED) is 0.701. The second kappa shape index (κ2) is 3.98. The fraction of sp³-hybridized carbons (Fsp3) is 0.455. The van der Waals surface area contributed by atoms with Crippen LogP contribution in [0.25, 0.3) is 0 Å². The van der Waals surface area contributed by atoms with Crippen LogP contribution < -0.4 is 0 Å². The van der Waals surface area contributed by atoms with Gasteiger partial charge in [-0.1, -0.05) is 0 Å². The van der Waals surface area contributed by atoms with E-state index >= 15 is 0 Å². The van der Waals surface area contributed by atoms with E-state index in [4.69, 9.17) is 16.9 Å². The third-order valence-electron chi connectivity index (χ3n) is 2.30. The van der Waals surface area contributed by atoms with Crippen LogP contribution in [0.4, 0.5) is 0 Å². The Morgan fingerprint density at radius 3 is 2.71 bits per heavy atom. The lowest BCUT2D eigenvalue weighted by atomic mass is 9.87. The van der Waals surface area contributed by atoms with E-state index < -0.39 is 5.41 Å². The van der Waals surface area contributed by atoms with Gasteiger partial charge < -0.3 is 0 Å². The molecule has 0 spiro atoms. The van der Waals surface area contributed by atoms with Crippen LogP contribution in [0.5, 0.6) is 0 Å². The zero-order chi connectivity index (χ0) is 10.8. The summed E-state index contributed by atoms with van der Waals surface area (Å²) in [5.41, 5.74) is 2.28. The summed E-state index contributed by atoms with van der Waals surface area (Å²) in [5, 5.41) is 9.03. The highest BCUT2D eigenvalue weighted by atomic mass is 35.5. The third kappa shape index (κ3) is 1.88. The van der Waals surface area contributed by atoms with Gasteiger partial charge >= 0.3 is 0 Å². The summed E-state index contributed by atoms with van der Waals surface area (Å²) in [4.78, 5) is 4.25. The highest BCUT2D eigenvalue weighted by Crippen LogP contribution is 2.26. The van der Waals surface area contributed by atoms with Gasteiger partial charge in [0, 0.05) is 12.1 Å². The number of hydrogen-bond acceptors (Lipinski definition) is 2. The Hall–Kier alpha value is -1.07. The van der Waals surface area contributed by atoms with Gasteiger partial charge in [0.15, 0.2) is 0 Å². The van der Waals surface area contributed by atoms with Gasteiger partial charge in [-0.2, -0.15) is 5.26 Å². The maximum absolute atomic E-state index is 9.03. The highest BCUT2D eigenvalue weighted by Gasteiger charge is 2.25. The predicted molar refractivity (Wildman–Crippen MR) is 57.2 cm³/mol. The van der Waals surface area contributed by atoms with Crippen LogP contribution >= 0.6 is 11.6 Å². The second-order valence-electron chi connectivity index (χ2n) is 3.83. The number of hydrogen-bond donors (Lipinski definition) is 0. The average molecular weight is 209 g/mol. The summed E-state index contributed by atoms with van der Waals surface area (Å²) < 4.78 is 0. The Morgan fingerprint density at radius 1 is 1.57 bits per heavy atom. The Morgan fingerprint density at radius 2 is 2.21 bits per heavy atom. The van der Waals surface area contributed by atoms with Crippen LogP contribution in [-0.2, 0) is 11.3 Å². The Kier molecular flexibility index (Phi) is 3.13. The van der Waals surface area contributed by atoms with Gasteiger partial charge in [-0.3, -0.25) is 4.98 Å². The zero-order valence-electron chi connectivity index (χ0n) is 8.63. The highest BCUT2D eigenvalue weighted by molar-refractivity contribution is 6.17. The van der Waals surface area contributed by atoms with Gasteiger partial charge in [-0.15, -0.1) is 11.6 Å². The van der Waals surface area contributed by atoms with Crippen molar-refractivity contribution in [1.29, 1.82) is 5.26 Å². The van der Waals surface area contributed by atoms with Crippen molar-refractivity contribution in [3.8, 4) is 6.07 Å². The van der Waals surface area contributed by atoms with Crippen molar-refractivity contribution in [2.45, 2.75) is 32.1 Å². The van der Waals surface area contributed by atoms with E-state index in [1.54, 1.807) is 6.20 Å². The lowest BCUT2D eigenvalue weighted by Gasteiger charge is -2.18. The van der Waals surface area contributed by atoms with Crippen molar-refractivity contribution in [2.75, 3.05) is 0 Å². The minimum Gasteiger partial charge on any atom is -0.259 e. The lowest BCUT2D eigenvalue weighted by molar-refractivity contribution is 0.650. The third-order valence-corrected chi connectivity index (χ3v) is 2.56. The molecule has 74 valence electrons. The zero-order valence-corrected chi connectivity index (χ0v) is 9.39. The first-order valence-electron chi connectivity index (χ1n) is 4.45. The molecule has 0 radical (unpaired) electrons. The molecular formula is C11H13ClN2. The van der Waals surface area contributed by atoms with Gasteiger partial charge in [-0.05, 0) is 38.0 Å². The molecule has 1 aromatic rings. The molecule has 1 rings (SSSR count). The molecule has 0 atom stereocenters. The Bertz CT molecular complexity index is 377. The van der Waals surface area contributed by atoms with Crippen LogP contribution in [0.15, 0.2) is 12.3 Å². The fourth-order valence-electron chi connectivity index (χ4n) is 1.35. The first kappa shape index (κ1) is 11.0. The lowest BCUT2D eigenvalue weighted by Crippen LogP contribution is -2.19. The van der Waals surface area contributed by atoms with E-state index in [0.717, 1.165) is 16.8 Å². The number of rotatable bonds is 2. The van der Waals surface area contributed by atoms with Crippen molar-refractivity contribution in [2.24, 2.45) is 0 Å². The Labute approximate surface area is 89.5 Å². The molecule has 0 fully saturated rings. The van der Waals surface area contributed by atoms with Crippen molar-refractivity contribution < 1.29 is 0 Å². The average Bonchev–Trinajstić information content (AvgIpc) is 2.17. The number of nitriles is 1. The normalized spacial score (nSPS) is 11.1. The summed E-state index contributed by atoms with van der Waals surface area (Å²) >= 11 is 5.85. The van der Waals surface area contributed by atoms with Crippen LogP contribution in [0.3, 0.4) is 0 Å². The van der Waals surface area contributed by atoms with Crippen LogP contribution in [0.1, 0.15) is 30.7 Å². The standard InChI is InChI=1S/C11H13ClN2/c1-8-4-5-14-10(9(8)6-12)11(2,3)7-13/h4-5H,6H2,1-3H3. The number of pyridine rings is 1. The van der Waals surface area contributed by atoms with Gasteiger partial charge in [0.1, 0.15) is 0 Å². The van der Waals surface area contributed by atoms with Gasteiger partial charge in [0.2, 0.25) is 0 Å². The molecular weight excluding hydrogens is 196 g/mol. The van der Waals surface area contributed by atoms with Crippen LogP contribution in [-0.4, -0.2) is 4.98 Å². The maximum atomic E-state index is 9.03. The molecule has 0 saturated heterocycles. The smallest absolute Gasteiger partial charge is 0.0940 e. The summed E-state index contributed by atoms with van der Waals surface area (Å²) in [6.45, 7) is 5.69. The molecule has 1 aromatic heterocycles. The number of alkyl halides is 1. The van der Waals surface area contributed by atoms with Crippen LogP contribution in [0.2, 0.25) is 0 Å². The molecule has 1 heterocycles. The number of halogens is 1. The van der Waals surface area contributed by atoms with E-state index in [2.05, 4.69) is 11.1 Å². The first-order chi connectivity index (χ1) is 6.53. The molecule has 0 N–H and O–H groups in total. The van der Waals surface area contributed by atoms with E-state index in [1.807, 2.05) is 26.8 Å². The predicted octanol–water partition coefficient (Wildman–Crippen LogP) is 2.93. The van der Waals surface area contributed by atoms with Crippen molar-refractivity contribution >= 4 is 11.6 Å². The topological polar surface area (TPSA) is 36.7 Å². The monoisotopic (exact) mass is 208 g/mol. The molecule has 3 heteroatoms. The minimum atomic E-state index is -0.573. The molecule has 0 saturated carbocycles. The van der Waals surface area contributed by atoms with E-state index in [1.165, 1.54) is 0 Å². The van der Waals surface area contributed by atoms with Crippen molar-refractivity contribution in [1.82, 2.24) is 4.98 Å². The molecule has 14 heavy (non-hydrogen) atoms. The largest absolute Gasteiger partial charge is 0.259 e. The number of nitrogens with zero attached hydrogens (tertiary/aromatic N) is 2. The number of aryl methyl sites for hydroxylation is 1. The molecule has 2 nitrogen and oxygen atoms in total. The molecule has 0 bridgehead atoms. The Balaban J connectivity index is 3.36. The van der Waals surface area contributed by atoms with E-state index in [-0.39, 0.29) is 0 Å². The fourth-order valence-corrected chi connectivity index (χ4v) is 1.69. The number of aromatic nitrogens is 1. The molecule has 0 unspecified atom stereocenters. The van der Waals surface area contributed by atoms with Crippen LogP contribution in [0, 0.1) is 18.3 Å². The van der Waals surface area contributed by atoms with E-state index in [9.17, 15) is 0 Å². The summed E-state index contributed by atoms with van der Waals surface area (Å²) in [7, 11) is 0. The van der Waals surface area contributed by atoms with Gasteiger partial charge in [0.05, 0.1) is 17.2 Å². The second-order valence-corrected chi connectivity index (χ2v) is 4.09. The molecule has 0 amide bonds. The molecule has 0 aromatic carbocycles. The van der Waals surface area contributed by atoms with E-state index in [0.29, 0.717) is 5.88 Å². The maximum Gasteiger partial charge on any atom is 0.0940 e. The molecule has 0 aliphatic rings. The first-order valence-corrected chi connectivity index (χ1v) is 4.98.